The van der Waals surface area contributed by atoms with Gasteiger partial charge in [0.05, 0.1) is 25.0 Å². The highest BCUT2D eigenvalue weighted by Gasteiger charge is 2.25. The van der Waals surface area contributed by atoms with E-state index in [9.17, 15) is 4.79 Å². The molecule has 0 bridgehead atoms. The first kappa shape index (κ1) is 18.9. The molecule has 2 aromatic rings. The van der Waals surface area contributed by atoms with E-state index in [-0.39, 0.29) is 5.91 Å². The minimum Gasteiger partial charge on any atom is -0.493 e. The number of methoxy groups -OCH3 is 1. The Morgan fingerprint density at radius 3 is 2.57 bits per heavy atom. The van der Waals surface area contributed by atoms with E-state index in [4.69, 9.17) is 13.9 Å². The van der Waals surface area contributed by atoms with Crippen LogP contribution in [0, 0.1) is 5.92 Å². The fraction of sp³-hybridized carbons (Fsp3) is 0.522. The van der Waals surface area contributed by atoms with Crippen molar-refractivity contribution in [2.24, 2.45) is 5.92 Å². The molecule has 2 aliphatic rings. The molecule has 0 spiro atoms. The Morgan fingerprint density at radius 1 is 1.11 bits per heavy atom. The standard InChI is InChI=1S/C23H29NO4/c1-26-21-7-6-18(15-22(21)28-20-4-2-3-5-20)14-17-8-11-24(12-9-17)23(25)19-10-13-27-16-19/h6-7,10,13,15-17,20H,2-5,8-9,11-12,14H2,1H3. The molecule has 5 heteroatoms. The van der Waals surface area contributed by atoms with Gasteiger partial charge in [0.2, 0.25) is 0 Å². The number of nitrogens with zero attached hydrogens (tertiary/aromatic N) is 1. The maximum Gasteiger partial charge on any atom is 0.257 e. The van der Waals surface area contributed by atoms with E-state index in [1.807, 2.05) is 11.0 Å². The molecule has 0 unspecified atom stereocenters. The Morgan fingerprint density at radius 2 is 1.89 bits per heavy atom. The van der Waals surface area contributed by atoms with Crippen LogP contribution in [0.4, 0.5) is 0 Å². The molecule has 0 radical (unpaired) electrons. The lowest BCUT2D eigenvalue weighted by atomic mass is 9.90. The molecule has 28 heavy (non-hydrogen) atoms. The Kier molecular flexibility index (Phi) is 5.89. The smallest absolute Gasteiger partial charge is 0.257 e. The number of rotatable bonds is 6. The molecule has 150 valence electrons. The van der Waals surface area contributed by atoms with Crippen molar-refractivity contribution >= 4 is 5.91 Å². The summed E-state index contributed by atoms with van der Waals surface area (Å²) in [6, 6.07) is 8.05. The lowest BCUT2D eigenvalue weighted by Gasteiger charge is -2.32. The molecule has 0 atom stereocenters. The van der Waals surface area contributed by atoms with Crippen LogP contribution in [-0.2, 0) is 6.42 Å². The van der Waals surface area contributed by atoms with Crippen molar-refractivity contribution in [2.75, 3.05) is 20.2 Å². The van der Waals surface area contributed by atoms with Gasteiger partial charge >= 0.3 is 0 Å². The van der Waals surface area contributed by atoms with Gasteiger partial charge in [-0.2, -0.15) is 0 Å². The molecule has 1 aromatic heterocycles. The van der Waals surface area contributed by atoms with Crippen molar-refractivity contribution in [1.82, 2.24) is 4.90 Å². The number of hydrogen-bond donors (Lipinski definition) is 0. The molecule has 4 rings (SSSR count). The van der Waals surface area contributed by atoms with Crippen LogP contribution < -0.4 is 9.47 Å². The van der Waals surface area contributed by atoms with E-state index in [0.29, 0.717) is 17.6 Å². The van der Waals surface area contributed by atoms with E-state index >= 15 is 0 Å². The molecule has 5 nitrogen and oxygen atoms in total. The Hall–Kier alpha value is -2.43. The van der Waals surface area contributed by atoms with E-state index in [1.54, 1.807) is 19.4 Å². The van der Waals surface area contributed by atoms with Gasteiger partial charge in [-0.1, -0.05) is 6.07 Å². The Balaban J connectivity index is 1.35. The Labute approximate surface area is 166 Å². The van der Waals surface area contributed by atoms with Crippen molar-refractivity contribution in [3.05, 3.63) is 47.9 Å². The van der Waals surface area contributed by atoms with Crippen LogP contribution in [0.3, 0.4) is 0 Å². The largest absolute Gasteiger partial charge is 0.493 e. The normalized spacial score (nSPS) is 18.4. The van der Waals surface area contributed by atoms with Gasteiger partial charge < -0.3 is 18.8 Å². The molecule has 2 fully saturated rings. The number of ether oxygens (including phenoxy) is 2. The lowest BCUT2D eigenvalue weighted by Crippen LogP contribution is -2.38. The van der Waals surface area contributed by atoms with Crippen molar-refractivity contribution in [2.45, 2.75) is 51.0 Å². The second kappa shape index (κ2) is 8.72. The summed E-state index contributed by atoms with van der Waals surface area (Å²) in [5.41, 5.74) is 1.93. The van der Waals surface area contributed by atoms with Gasteiger partial charge in [0.25, 0.3) is 5.91 Å². The SMILES string of the molecule is COc1ccc(CC2CCN(C(=O)c3ccoc3)CC2)cc1OC1CCCC1. The summed E-state index contributed by atoms with van der Waals surface area (Å²) in [6.07, 6.45) is 11.2. The highest BCUT2D eigenvalue weighted by atomic mass is 16.5. The van der Waals surface area contributed by atoms with Crippen LogP contribution in [0.5, 0.6) is 11.5 Å². The second-order valence-electron chi connectivity index (χ2n) is 7.96. The van der Waals surface area contributed by atoms with E-state index < -0.39 is 0 Å². The van der Waals surface area contributed by atoms with E-state index in [2.05, 4.69) is 12.1 Å². The molecular weight excluding hydrogens is 354 g/mol. The van der Waals surface area contributed by atoms with E-state index in [1.165, 1.54) is 24.7 Å². The summed E-state index contributed by atoms with van der Waals surface area (Å²) >= 11 is 0. The maximum atomic E-state index is 12.4. The van der Waals surface area contributed by atoms with Gasteiger partial charge in [0.15, 0.2) is 11.5 Å². The molecule has 1 aliphatic heterocycles. The first-order valence-corrected chi connectivity index (χ1v) is 10.4. The molecule has 1 saturated carbocycles. The third-order valence-corrected chi connectivity index (χ3v) is 6.02. The van der Waals surface area contributed by atoms with Crippen molar-refractivity contribution in [3.8, 4) is 11.5 Å². The number of amides is 1. The quantitative estimate of drug-likeness (QED) is 0.725. The van der Waals surface area contributed by atoms with Crippen LogP contribution in [0.25, 0.3) is 0 Å². The number of piperidine rings is 1. The van der Waals surface area contributed by atoms with Gasteiger partial charge in [-0.15, -0.1) is 0 Å². The van der Waals surface area contributed by atoms with Gasteiger partial charge in [-0.3, -0.25) is 4.79 Å². The predicted octanol–water partition coefficient (Wildman–Crippen LogP) is 4.70. The van der Waals surface area contributed by atoms with Crippen LogP contribution in [0.15, 0.2) is 41.2 Å². The summed E-state index contributed by atoms with van der Waals surface area (Å²) in [7, 11) is 1.70. The van der Waals surface area contributed by atoms with Gasteiger partial charge in [0, 0.05) is 13.1 Å². The van der Waals surface area contributed by atoms with Gasteiger partial charge in [-0.25, -0.2) is 0 Å². The average Bonchev–Trinajstić information content (AvgIpc) is 3.43. The van der Waals surface area contributed by atoms with Crippen LogP contribution >= 0.6 is 0 Å². The summed E-state index contributed by atoms with van der Waals surface area (Å²) in [4.78, 5) is 14.4. The fourth-order valence-electron chi connectivity index (χ4n) is 4.37. The van der Waals surface area contributed by atoms with Crippen LogP contribution in [-0.4, -0.2) is 37.1 Å². The summed E-state index contributed by atoms with van der Waals surface area (Å²) in [6.45, 7) is 1.60. The molecule has 1 aliphatic carbocycles. The number of hydrogen-bond acceptors (Lipinski definition) is 4. The topological polar surface area (TPSA) is 51.9 Å². The minimum atomic E-state index is 0.0731. The average molecular weight is 383 g/mol. The van der Waals surface area contributed by atoms with Crippen LogP contribution in [0.2, 0.25) is 0 Å². The number of carbonyl (C=O) groups excluding carboxylic acids is 1. The zero-order valence-electron chi connectivity index (χ0n) is 16.6. The highest BCUT2D eigenvalue weighted by molar-refractivity contribution is 5.93. The van der Waals surface area contributed by atoms with Crippen molar-refractivity contribution in [1.29, 1.82) is 0 Å². The zero-order valence-corrected chi connectivity index (χ0v) is 16.6. The monoisotopic (exact) mass is 383 g/mol. The zero-order chi connectivity index (χ0) is 19.3. The maximum absolute atomic E-state index is 12.4. The number of likely N-dealkylation sites (tertiary alicyclic amines) is 1. The second-order valence-corrected chi connectivity index (χ2v) is 7.96. The summed E-state index contributed by atoms with van der Waals surface area (Å²) in [5.74, 6) is 2.35. The molecule has 1 aromatic carbocycles. The summed E-state index contributed by atoms with van der Waals surface area (Å²) < 4.78 is 16.8. The molecule has 1 amide bonds. The highest BCUT2D eigenvalue weighted by Crippen LogP contribution is 2.34. The van der Waals surface area contributed by atoms with Gasteiger partial charge in [0.1, 0.15) is 6.26 Å². The third kappa shape index (κ3) is 4.34. The first-order chi connectivity index (χ1) is 13.7. The third-order valence-electron chi connectivity index (χ3n) is 6.02. The summed E-state index contributed by atoms with van der Waals surface area (Å²) in [5, 5.41) is 0. The van der Waals surface area contributed by atoms with Crippen molar-refractivity contribution in [3.63, 3.8) is 0 Å². The number of furan rings is 1. The molecule has 0 N–H and O–H groups in total. The van der Waals surface area contributed by atoms with Crippen LogP contribution in [0.1, 0.15) is 54.4 Å². The molecule has 2 heterocycles. The first-order valence-electron chi connectivity index (χ1n) is 10.4. The number of carbonyl (C=O) groups is 1. The lowest BCUT2D eigenvalue weighted by molar-refractivity contribution is 0.0690. The Bertz CT molecular complexity index is 772. The van der Waals surface area contributed by atoms with Gasteiger partial charge in [-0.05, 0) is 74.6 Å². The van der Waals surface area contributed by atoms with Crippen molar-refractivity contribution < 1.29 is 18.7 Å². The molecular formula is C23H29NO4. The predicted molar refractivity (Wildman–Crippen MR) is 107 cm³/mol. The van der Waals surface area contributed by atoms with E-state index in [0.717, 1.165) is 56.7 Å². The minimum absolute atomic E-state index is 0.0731. The number of benzene rings is 1. The fourth-order valence-corrected chi connectivity index (χ4v) is 4.37. The molecule has 1 saturated heterocycles.